The molecule has 0 aliphatic carbocycles. The number of allylic oxidation sites excluding steroid dienone is 2. The summed E-state index contributed by atoms with van der Waals surface area (Å²) in [5.41, 5.74) is 0. The maximum absolute atomic E-state index is 3.50. The Labute approximate surface area is 91.6 Å². The Bertz CT molecular complexity index is 213. The van der Waals surface area contributed by atoms with Crippen LogP contribution in [0.15, 0.2) is 24.0 Å². The van der Waals surface area contributed by atoms with Gasteiger partial charge in [0, 0.05) is 12.6 Å². The second-order valence-corrected chi connectivity index (χ2v) is 3.65. The molecular weight excluding hydrogens is 284 g/mol. The Morgan fingerprint density at radius 1 is 1.67 bits per heavy atom. The van der Waals surface area contributed by atoms with Crippen LogP contribution in [0.1, 0.15) is 0 Å². The minimum atomic E-state index is 0. The topological polar surface area (TPSA) is 19.9 Å². The first-order chi connectivity index (χ1) is 5.40. The standard InChI is InChI=1S/C8H11BrN2.BrH/c9-5-7-6-11-4-2-1-3-8(11)10-7;/h1-3,7,10H,4-6H2;1H. The third kappa shape index (κ3) is 1.92. The highest BCUT2D eigenvalue weighted by Crippen LogP contribution is 2.09. The Balaban J connectivity index is 0.000000720. The van der Waals surface area contributed by atoms with Crippen LogP contribution in [0, 0.1) is 0 Å². The van der Waals surface area contributed by atoms with Gasteiger partial charge in [0.1, 0.15) is 6.04 Å². The largest absolute Gasteiger partial charge is 1.00 e. The number of hydrogen-bond donors (Lipinski definition) is 1. The van der Waals surface area contributed by atoms with Gasteiger partial charge >= 0.3 is 0 Å². The van der Waals surface area contributed by atoms with Crippen molar-refractivity contribution in [2.24, 2.45) is 0 Å². The number of quaternary nitrogens is 1. The first kappa shape index (κ1) is 10.3. The molecule has 4 heteroatoms. The monoisotopic (exact) mass is 294 g/mol. The zero-order valence-electron chi connectivity index (χ0n) is 6.71. The highest BCUT2D eigenvalue weighted by Gasteiger charge is 2.29. The van der Waals surface area contributed by atoms with Crippen LogP contribution in [0.25, 0.3) is 0 Å². The molecule has 0 bridgehead atoms. The van der Waals surface area contributed by atoms with Crippen LogP contribution in [0.5, 0.6) is 0 Å². The van der Waals surface area contributed by atoms with Gasteiger partial charge in [-0.15, -0.1) is 0 Å². The van der Waals surface area contributed by atoms with Crippen molar-refractivity contribution in [1.82, 2.24) is 4.90 Å². The Morgan fingerprint density at radius 2 is 2.50 bits per heavy atom. The fraction of sp³-hybridized carbons (Fsp3) is 0.500. The molecule has 0 spiro atoms. The van der Waals surface area contributed by atoms with Crippen molar-refractivity contribution in [3.05, 3.63) is 24.0 Å². The predicted molar refractivity (Wildman–Crippen MR) is 48.3 cm³/mol. The first-order valence-electron chi connectivity index (χ1n) is 3.93. The lowest BCUT2D eigenvalue weighted by atomic mass is 10.3. The normalized spacial score (nSPS) is 26.2. The number of nitrogens with zero attached hydrogens (tertiary/aromatic N) is 1. The van der Waals surface area contributed by atoms with Crippen molar-refractivity contribution in [1.29, 1.82) is 0 Å². The van der Waals surface area contributed by atoms with Gasteiger partial charge in [-0.2, -0.15) is 0 Å². The molecule has 12 heavy (non-hydrogen) atoms. The van der Waals surface area contributed by atoms with Crippen LogP contribution in [-0.2, 0) is 0 Å². The van der Waals surface area contributed by atoms with Crippen molar-refractivity contribution in [3.8, 4) is 0 Å². The van der Waals surface area contributed by atoms with Crippen LogP contribution in [0.2, 0.25) is 0 Å². The van der Waals surface area contributed by atoms with Gasteiger partial charge in [-0.25, -0.2) is 0 Å². The smallest absolute Gasteiger partial charge is 0.201 e. The van der Waals surface area contributed by atoms with Crippen LogP contribution in [-0.4, -0.2) is 29.4 Å². The van der Waals surface area contributed by atoms with Gasteiger partial charge in [0.25, 0.3) is 0 Å². The molecule has 1 unspecified atom stereocenters. The summed E-state index contributed by atoms with van der Waals surface area (Å²) in [6.07, 6.45) is 6.53. The van der Waals surface area contributed by atoms with Gasteiger partial charge in [-0.05, 0) is 0 Å². The molecule has 1 fully saturated rings. The molecule has 2 heterocycles. The van der Waals surface area contributed by atoms with Gasteiger partial charge in [0.2, 0.25) is 5.82 Å². The predicted octanol–water partition coefficient (Wildman–Crippen LogP) is -2.96. The van der Waals surface area contributed by atoms with Crippen LogP contribution in [0.4, 0.5) is 0 Å². The molecule has 2 aliphatic rings. The number of hydrogen-bond acceptors (Lipinski definition) is 1. The fourth-order valence-corrected chi connectivity index (χ4v) is 1.97. The highest BCUT2D eigenvalue weighted by molar-refractivity contribution is 9.09. The Hall–Kier alpha value is 0.200. The van der Waals surface area contributed by atoms with Crippen LogP contribution < -0.4 is 22.3 Å². The van der Waals surface area contributed by atoms with E-state index in [-0.39, 0.29) is 17.0 Å². The van der Waals surface area contributed by atoms with Crippen LogP contribution >= 0.6 is 15.9 Å². The molecule has 0 aromatic carbocycles. The molecular formula is C8H12Br2N2. The van der Waals surface area contributed by atoms with E-state index >= 15 is 0 Å². The maximum Gasteiger partial charge on any atom is 0.201 e. The van der Waals surface area contributed by atoms with Gasteiger partial charge in [-0.1, -0.05) is 28.1 Å². The van der Waals surface area contributed by atoms with Gasteiger partial charge in [0.15, 0.2) is 0 Å². The van der Waals surface area contributed by atoms with E-state index < -0.39 is 0 Å². The summed E-state index contributed by atoms with van der Waals surface area (Å²) in [5.74, 6) is 1.40. The molecule has 68 valence electrons. The van der Waals surface area contributed by atoms with E-state index in [9.17, 15) is 0 Å². The molecule has 0 saturated carbocycles. The summed E-state index contributed by atoms with van der Waals surface area (Å²) >= 11 is 3.50. The van der Waals surface area contributed by atoms with E-state index in [0.29, 0.717) is 6.04 Å². The van der Waals surface area contributed by atoms with E-state index in [0.717, 1.165) is 11.9 Å². The molecule has 0 aromatic rings. The molecule has 1 atom stereocenters. The zero-order chi connectivity index (χ0) is 7.68. The average molecular weight is 296 g/mol. The summed E-state index contributed by atoms with van der Waals surface area (Å²) in [7, 11) is 0. The lowest BCUT2D eigenvalue weighted by Gasteiger charge is -2.14. The van der Waals surface area contributed by atoms with E-state index in [1.165, 1.54) is 12.4 Å². The van der Waals surface area contributed by atoms with Crippen molar-refractivity contribution in [2.45, 2.75) is 6.04 Å². The number of nitrogens with two attached hydrogens (primary N) is 1. The van der Waals surface area contributed by atoms with Crippen molar-refractivity contribution in [2.75, 3.05) is 18.4 Å². The molecule has 2 aliphatic heterocycles. The van der Waals surface area contributed by atoms with E-state index in [4.69, 9.17) is 0 Å². The summed E-state index contributed by atoms with van der Waals surface area (Å²) in [6.45, 7) is 2.27. The SMILES string of the molecule is BrCC1CN2CC=CC=C2[NH2+]1.[Br-]. The third-order valence-electron chi connectivity index (χ3n) is 2.15. The van der Waals surface area contributed by atoms with E-state index in [1.54, 1.807) is 0 Å². The van der Waals surface area contributed by atoms with Crippen molar-refractivity contribution < 1.29 is 22.3 Å². The van der Waals surface area contributed by atoms with Gasteiger partial charge in [-0.3, -0.25) is 5.32 Å². The van der Waals surface area contributed by atoms with Crippen LogP contribution in [0.3, 0.4) is 0 Å². The summed E-state index contributed by atoms with van der Waals surface area (Å²) in [4.78, 5) is 2.41. The minimum Gasteiger partial charge on any atom is -1.00 e. The molecule has 0 radical (unpaired) electrons. The van der Waals surface area contributed by atoms with E-state index in [2.05, 4.69) is 44.4 Å². The Morgan fingerprint density at radius 3 is 3.17 bits per heavy atom. The Kier molecular flexibility index (Phi) is 3.80. The molecule has 0 amide bonds. The lowest BCUT2D eigenvalue weighted by molar-refractivity contribution is -0.625. The van der Waals surface area contributed by atoms with Crippen molar-refractivity contribution >= 4 is 15.9 Å². The first-order valence-corrected chi connectivity index (χ1v) is 5.05. The summed E-state index contributed by atoms with van der Waals surface area (Å²) in [5, 5.41) is 3.43. The molecule has 2 N–H and O–H groups in total. The average Bonchev–Trinajstić information content (AvgIpc) is 2.46. The second kappa shape index (κ2) is 4.44. The molecule has 2 rings (SSSR count). The summed E-state index contributed by atoms with van der Waals surface area (Å²) in [6, 6.07) is 0.709. The molecule has 1 saturated heterocycles. The zero-order valence-corrected chi connectivity index (χ0v) is 9.88. The maximum atomic E-state index is 3.50. The third-order valence-corrected chi connectivity index (χ3v) is 2.99. The minimum absolute atomic E-state index is 0. The van der Waals surface area contributed by atoms with E-state index in [1.807, 2.05) is 0 Å². The highest BCUT2D eigenvalue weighted by atomic mass is 79.9. The quantitative estimate of drug-likeness (QED) is 0.513. The van der Waals surface area contributed by atoms with Crippen molar-refractivity contribution in [3.63, 3.8) is 0 Å². The molecule has 2 nitrogen and oxygen atoms in total. The van der Waals surface area contributed by atoms with Gasteiger partial charge in [0.05, 0.1) is 11.9 Å². The molecule has 0 aromatic heterocycles. The number of alkyl halides is 1. The lowest BCUT2D eigenvalue weighted by Crippen LogP contribution is -3.00. The second-order valence-electron chi connectivity index (χ2n) is 3.01. The van der Waals surface area contributed by atoms with Gasteiger partial charge < -0.3 is 21.9 Å². The number of rotatable bonds is 1. The fourth-order valence-electron chi connectivity index (χ4n) is 1.58. The number of halogens is 2. The number of fused-ring (bicyclic) bond motifs is 1. The summed E-state index contributed by atoms with van der Waals surface area (Å²) < 4.78 is 0.